The molecule has 3 N–H and O–H groups in total. The van der Waals surface area contributed by atoms with Crippen LogP contribution in [0.15, 0.2) is 67.0 Å². The minimum atomic E-state index is -1.29. The number of fused-ring (bicyclic) bond motifs is 1. The number of hydrogen-bond acceptors (Lipinski definition) is 9. The van der Waals surface area contributed by atoms with Gasteiger partial charge in [0.15, 0.2) is 6.29 Å². The summed E-state index contributed by atoms with van der Waals surface area (Å²) in [4.78, 5) is 59.0. The predicted molar refractivity (Wildman–Crippen MR) is 186 cm³/mol. The van der Waals surface area contributed by atoms with E-state index in [9.17, 15) is 19.2 Å². The van der Waals surface area contributed by atoms with Gasteiger partial charge in [-0.1, -0.05) is 42.5 Å². The summed E-state index contributed by atoms with van der Waals surface area (Å²) in [6.07, 6.45) is 2.06. The number of likely N-dealkylation sites (N-methyl/N-ethyl adjacent to an activating group) is 1. The Morgan fingerprint density at radius 3 is 2.22 bits per heavy atom. The Bertz CT molecular complexity index is 1520. The van der Waals surface area contributed by atoms with Crippen LogP contribution < -0.4 is 16.1 Å². The average molecular weight is 679 g/mol. The molecule has 0 saturated carbocycles. The number of rotatable bonds is 17. The van der Waals surface area contributed by atoms with E-state index in [1.807, 2.05) is 63.2 Å². The zero-order chi connectivity index (χ0) is 36.0. The lowest BCUT2D eigenvalue weighted by Gasteiger charge is -2.37. The molecular weight excluding hydrogens is 628 g/mol. The van der Waals surface area contributed by atoms with Gasteiger partial charge in [-0.3, -0.25) is 24.8 Å². The summed E-state index contributed by atoms with van der Waals surface area (Å²) in [6.45, 7) is 11.5. The van der Waals surface area contributed by atoms with Crippen LogP contribution >= 0.6 is 0 Å². The summed E-state index contributed by atoms with van der Waals surface area (Å²) in [6, 6.07) is 14.8. The molecule has 3 aromatic rings. The fourth-order valence-corrected chi connectivity index (χ4v) is 5.18. The van der Waals surface area contributed by atoms with Crippen molar-refractivity contribution in [1.82, 2.24) is 31.0 Å². The Morgan fingerprint density at radius 2 is 1.57 bits per heavy atom. The molecule has 4 amide bonds. The largest absolute Gasteiger partial charge is 0.460 e. The summed E-state index contributed by atoms with van der Waals surface area (Å²) in [5.41, 5.74) is 3.49. The van der Waals surface area contributed by atoms with E-state index in [-0.39, 0.29) is 19.6 Å². The van der Waals surface area contributed by atoms with Crippen LogP contribution in [0.2, 0.25) is 0 Å². The average Bonchev–Trinajstić information content (AvgIpc) is 3.04. The number of benzene rings is 2. The van der Waals surface area contributed by atoms with Crippen LogP contribution in [-0.4, -0.2) is 89.5 Å². The molecule has 13 nitrogen and oxygen atoms in total. The quantitative estimate of drug-likeness (QED) is 0.110. The summed E-state index contributed by atoms with van der Waals surface area (Å²) < 4.78 is 17.3. The van der Waals surface area contributed by atoms with E-state index in [1.54, 1.807) is 50.2 Å². The first kappa shape index (κ1) is 38.9. The Balaban J connectivity index is 1.86. The lowest BCUT2D eigenvalue weighted by Crippen LogP contribution is -2.56. The maximum atomic E-state index is 14.6. The molecule has 0 fully saturated rings. The SMILES string of the molecule is CCOC(OCC)[C@H](C)N(Cc1cccc2ccccc12)C(=O)[C@H](CC(=O)OC(C)(C)C)NC(=O)CN(C)NC(=O)NCc1ccncc1. The van der Waals surface area contributed by atoms with Crippen LogP contribution in [0.25, 0.3) is 10.8 Å². The second-order valence-electron chi connectivity index (χ2n) is 12.5. The van der Waals surface area contributed by atoms with E-state index in [0.717, 1.165) is 21.9 Å². The van der Waals surface area contributed by atoms with E-state index in [2.05, 4.69) is 21.0 Å². The topological polar surface area (TPSA) is 151 Å². The number of ether oxygens (including phenoxy) is 3. The highest BCUT2D eigenvalue weighted by atomic mass is 16.7. The Morgan fingerprint density at radius 1 is 0.918 bits per heavy atom. The lowest BCUT2D eigenvalue weighted by atomic mass is 10.0. The molecule has 1 heterocycles. The van der Waals surface area contributed by atoms with E-state index in [1.165, 1.54) is 12.1 Å². The zero-order valence-corrected chi connectivity index (χ0v) is 29.5. The van der Waals surface area contributed by atoms with Gasteiger partial charge in [0.2, 0.25) is 11.8 Å². The van der Waals surface area contributed by atoms with Crippen molar-refractivity contribution in [3.63, 3.8) is 0 Å². The third-order valence-corrected chi connectivity index (χ3v) is 7.35. The number of hydrazine groups is 1. The summed E-state index contributed by atoms with van der Waals surface area (Å²) in [5, 5.41) is 8.68. The Labute approximate surface area is 288 Å². The molecule has 13 heteroatoms. The van der Waals surface area contributed by atoms with Gasteiger partial charge in [0.1, 0.15) is 11.6 Å². The molecule has 3 rings (SSSR count). The fourth-order valence-electron chi connectivity index (χ4n) is 5.18. The molecule has 0 unspecified atom stereocenters. The molecule has 0 aliphatic carbocycles. The summed E-state index contributed by atoms with van der Waals surface area (Å²) in [5.74, 6) is -1.77. The standard InChI is InChI=1S/C36H50N6O7/c1-8-47-34(48-9-2)25(3)42(23-28-15-12-14-27-13-10-11-16-29(27)28)33(45)30(21-32(44)49-36(4,5)6)39-31(43)24-41(7)40-35(46)38-22-26-17-19-37-20-18-26/h10-20,25,30,34H,8-9,21-24H2,1-7H3,(H,39,43)(H2,38,40,46)/t25-,30-/m0/s1. The number of amides is 4. The van der Waals surface area contributed by atoms with Crippen molar-refractivity contribution >= 4 is 34.6 Å². The molecule has 2 atom stereocenters. The van der Waals surface area contributed by atoms with E-state index < -0.39 is 54.2 Å². The molecule has 1 aromatic heterocycles. The van der Waals surface area contributed by atoms with Gasteiger partial charge in [-0.15, -0.1) is 0 Å². The van der Waals surface area contributed by atoms with E-state index in [0.29, 0.717) is 13.2 Å². The van der Waals surface area contributed by atoms with Crippen LogP contribution in [0.4, 0.5) is 4.79 Å². The highest BCUT2D eigenvalue weighted by molar-refractivity contribution is 5.92. The second-order valence-corrected chi connectivity index (χ2v) is 12.5. The molecule has 0 bridgehead atoms. The smallest absolute Gasteiger partial charge is 0.329 e. The third-order valence-electron chi connectivity index (χ3n) is 7.35. The monoisotopic (exact) mass is 678 g/mol. The van der Waals surface area contributed by atoms with Gasteiger partial charge in [0, 0.05) is 45.7 Å². The van der Waals surface area contributed by atoms with Gasteiger partial charge in [0.05, 0.1) is 19.0 Å². The van der Waals surface area contributed by atoms with Crippen molar-refractivity contribution < 1.29 is 33.4 Å². The molecule has 0 spiro atoms. The van der Waals surface area contributed by atoms with Crippen LogP contribution in [0.1, 0.15) is 59.1 Å². The number of urea groups is 1. The number of aromatic nitrogens is 1. The number of carbonyl (C=O) groups is 4. The van der Waals surface area contributed by atoms with Crippen molar-refractivity contribution in [1.29, 1.82) is 0 Å². The Kier molecular flexibility index (Phi) is 14.9. The lowest BCUT2D eigenvalue weighted by molar-refractivity contribution is -0.180. The van der Waals surface area contributed by atoms with Gasteiger partial charge < -0.3 is 29.7 Å². The van der Waals surface area contributed by atoms with Gasteiger partial charge in [-0.2, -0.15) is 0 Å². The normalized spacial score (nSPS) is 12.8. The highest BCUT2D eigenvalue weighted by Gasteiger charge is 2.36. The maximum Gasteiger partial charge on any atom is 0.329 e. The zero-order valence-electron chi connectivity index (χ0n) is 29.5. The molecular formula is C36H50N6O7. The number of nitrogens with one attached hydrogen (secondary N) is 3. The molecule has 0 saturated heterocycles. The minimum Gasteiger partial charge on any atom is -0.460 e. The van der Waals surface area contributed by atoms with Crippen LogP contribution in [0.5, 0.6) is 0 Å². The minimum absolute atomic E-state index is 0.151. The summed E-state index contributed by atoms with van der Waals surface area (Å²) in [7, 11) is 1.51. The van der Waals surface area contributed by atoms with Crippen LogP contribution in [0, 0.1) is 0 Å². The first-order chi connectivity index (χ1) is 23.3. The first-order valence-corrected chi connectivity index (χ1v) is 16.5. The van der Waals surface area contributed by atoms with E-state index >= 15 is 0 Å². The maximum absolute atomic E-state index is 14.6. The molecule has 49 heavy (non-hydrogen) atoms. The van der Waals surface area contributed by atoms with Crippen molar-refractivity contribution in [2.75, 3.05) is 26.8 Å². The highest BCUT2D eigenvalue weighted by Crippen LogP contribution is 2.24. The van der Waals surface area contributed by atoms with Crippen molar-refractivity contribution in [3.8, 4) is 0 Å². The molecule has 2 aromatic carbocycles. The number of carbonyl (C=O) groups excluding carboxylic acids is 4. The van der Waals surface area contributed by atoms with Crippen LogP contribution in [0.3, 0.4) is 0 Å². The Hall–Kier alpha value is -4.59. The van der Waals surface area contributed by atoms with Crippen molar-refractivity contribution in [3.05, 3.63) is 78.1 Å². The number of nitrogens with zero attached hydrogens (tertiary/aromatic N) is 3. The van der Waals surface area contributed by atoms with Crippen LogP contribution in [-0.2, 0) is 41.7 Å². The number of pyridine rings is 1. The van der Waals surface area contributed by atoms with Gasteiger partial charge >= 0.3 is 12.0 Å². The van der Waals surface area contributed by atoms with Gasteiger partial charge in [0.25, 0.3) is 0 Å². The van der Waals surface area contributed by atoms with Gasteiger partial charge in [-0.05, 0) is 75.6 Å². The van der Waals surface area contributed by atoms with Gasteiger partial charge in [-0.25, -0.2) is 9.80 Å². The summed E-state index contributed by atoms with van der Waals surface area (Å²) >= 11 is 0. The van der Waals surface area contributed by atoms with Crippen molar-refractivity contribution in [2.24, 2.45) is 0 Å². The first-order valence-electron chi connectivity index (χ1n) is 16.5. The second kappa shape index (κ2) is 18.8. The predicted octanol–water partition coefficient (Wildman–Crippen LogP) is 3.91. The van der Waals surface area contributed by atoms with Crippen molar-refractivity contribution in [2.45, 2.75) is 85.0 Å². The molecule has 0 aliphatic heterocycles. The third kappa shape index (κ3) is 12.7. The molecule has 0 aliphatic rings. The van der Waals surface area contributed by atoms with E-state index in [4.69, 9.17) is 14.2 Å². The molecule has 0 radical (unpaired) electrons. The molecule has 266 valence electrons. The number of hydrogen-bond donors (Lipinski definition) is 3. The number of esters is 1. The fraction of sp³-hybridized carbons (Fsp3) is 0.472.